The first-order valence-corrected chi connectivity index (χ1v) is 9.82. The maximum absolute atomic E-state index is 12.8. The first-order valence-electron chi connectivity index (χ1n) is 8.84. The molecule has 138 valence electrons. The third-order valence-corrected chi connectivity index (χ3v) is 5.39. The van der Waals surface area contributed by atoms with E-state index in [1.807, 2.05) is 31.2 Å². The molecular weight excluding hydrogens is 358 g/mol. The lowest BCUT2D eigenvalue weighted by molar-refractivity contribution is -0.130. The molecule has 1 saturated heterocycles. The van der Waals surface area contributed by atoms with E-state index in [9.17, 15) is 4.79 Å². The molecule has 0 aliphatic carbocycles. The first-order chi connectivity index (χ1) is 13.1. The molecule has 1 atom stereocenters. The van der Waals surface area contributed by atoms with Crippen LogP contribution >= 0.6 is 11.8 Å². The topological polar surface area (TPSA) is 65.7 Å². The van der Waals surface area contributed by atoms with Crippen molar-refractivity contribution in [1.29, 1.82) is 5.26 Å². The van der Waals surface area contributed by atoms with Crippen LogP contribution in [0.4, 0.5) is 5.69 Å². The van der Waals surface area contributed by atoms with Gasteiger partial charge in [0.25, 0.3) is 5.91 Å². The summed E-state index contributed by atoms with van der Waals surface area (Å²) < 4.78 is 5.63. The Hall–Kier alpha value is -2.78. The summed E-state index contributed by atoms with van der Waals surface area (Å²) in [5.74, 6) is 1.30. The third kappa shape index (κ3) is 4.69. The molecule has 1 aliphatic rings. The Kier molecular flexibility index (Phi) is 6.15. The Balaban J connectivity index is 1.73. The minimum absolute atomic E-state index is 0.0597. The molecule has 27 heavy (non-hydrogen) atoms. The molecule has 0 saturated carbocycles. The number of amidine groups is 1. The van der Waals surface area contributed by atoms with E-state index < -0.39 is 0 Å². The second-order valence-electron chi connectivity index (χ2n) is 6.30. The number of hydrogen-bond acceptors (Lipinski definition) is 5. The number of thioether (sulfide) groups is 1. The van der Waals surface area contributed by atoms with Crippen molar-refractivity contribution in [1.82, 2.24) is 4.90 Å². The van der Waals surface area contributed by atoms with Gasteiger partial charge in [0, 0.05) is 11.8 Å². The Labute approximate surface area is 163 Å². The highest BCUT2D eigenvalue weighted by Gasteiger charge is 2.34. The van der Waals surface area contributed by atoms with Gasteiger partial charge in [0.05, 0.1) is 17.3 Å². The molecule has 2 aromatic rings. The monoisotopic (exact) mass is 379 g/mol. The van der Waals surface area contributed by atoms with E-state index in [4.69, 9.17) is 15.0 Å². The van der Waals surface area contributed by atoms with Crippen LogP contribution in [-0.2, 0) is 4.79 Å². The van der Waals surface area contributed by atoms with Gasteiger partial charge in [0.15, 0.2) is 11.8 Å². The maximum Gasteiger partial charge on any atom is 0.266 e. The van der Waals surface area contributed by atoms with Crippen LogP contribution in [0.15, 0.2) is 53.5 Å². The second kappa shape index (κ2) is 8.74. The molecule has 2 aromatic carbocycles. The number of carbonyl (C=O) groups excluding carboxylic acids is 1. The number of nitriles is 1. The van der Waals surface area contributed by atoms with Crippen molar-refractivity contribution in [2.24, 2.45) is 4.99 Å². The molecule has 0 unspecified atom stereocenters. The molecule has 5 nitrogen and oxygen atoms in total. The Bertz CT molecular complexity index is 887. The fourth-order valence-electron chi connectivity index (χ4n) is 2.82. The van der Waals surface area contributed by atoms with Crippen molar-refractivity contribution in [2.75, 3.05) is 12.4 Å². The molecule has 1 aliphatic heterocycles. The highest BCUT2D eigenvalue weighted by Crippen LogP contribution is 2.29. The summed E-state index contributed by atoms with van der Waals surface area (Å²) in [6.07, 6.45) is 0.864. The highest BCUT2D eigenvalue weighted by molar-refractivity contribution is 8.14. The Morgan fingerprint density at radius 2 is 2.11 bits per heavy atom. The predicted octanol–water partition coefficient (Wildman–Crippen LogP) is 4.29. The van der Waals surface area contributed by atoms with E-state index in [0.717, 1.165) is 28.6 Å². The van der Waals surface area contributed by atoms with Crippen LogP contribution in [0.3, 0.4) is 0 Å². The van der Waals surface area contributed by atoms with Gasteiger partial charge in [-0.3, -0.25) is 9.69 Å². The van der Waals surface area contributed by atoms with Crippen molar-refractivity contribution in [3.63, 3.8) is 0 Å². The second-order valence-corrected chi connectivity index (χ2v) is 7.28. The quantitative estimate of drug-likeness (QED) is 0.777. The molecule has 6 heteroatoms. The summed E-state index contributed by atoms with van der Waals surface area (Å²) in [7, 11) is 0. The highest BCUT2D eigenvalue weighted by atomic mass is 32.2. The average molecular weight is 379 g/mol. The van der Waals surface area contributed by atoms with Crippen molar-refractivity contribution in [3.05, 3.63) is 59.7 Å². The minimum atomic E-state index is -0.109. The maximum atomic E-state index is 12.8. The predicted molar refractivity (Wildman–Crippen MR) is 108 cm³/mol. The van der Waals surface area contributed by atoms with Gasteiger partial charge in [-0.25, -0.2) is 4.99 Å². The lowest BCUT2D eigenvalue weighted by Crippen LogP contribution is -2.41. The van der Waals surface area contributed by atoms with Gasteiger partial charge in [0.1, 0.15) is 5.75 Å². The largest absolute Gasteiger partial charge is 0.484 e. The van der Waals surface area contributed by atoms with Crippen LogP contribution in [0.2, 0.25) is 0 Å². The summed E-state index contributed by atoms with van der Waals surface area (Å²) in [6, 6.07) is 16.9. The first kappa shape index (κ1) is 19.0. The van der Waals surface area contributed by atoms with E-state index in [1.165, 1.54) is 0 Å². The molecule has 1 heterocycles. The Morgan fingerprint density at radius 1 is 1.33 bits per heavy atom. The zero-order valence-electron chi connectivity index (χ0n) is 15.4. The number of hydrogen-bond donors (Lipinski definition) is 0. The van der Waals surface area contributed by atoms with Crippen molar-refractivity contribution >= 4 is 28.5 Å². The normalized spacial score (nSPS) is 17.7. The van der Waals surface area contributed by atoms with Gasteiger partial charge in [-0.15, -0.1) is 0 Å². The van der Waals surface area contributed by atoms with Crippen molar-refractivity contribution < 1.29 is 9.53 Å². The van der Waals surface area contributed by atoms with Gasteiger partial charge in [-0.1, -0.05) is 30.8 Å². The molecule has 1 fully saturated rings. The van der Waals surface area contributed by atoms with Gasteiger partial charge in [0.2, 0.25) is 0 Å². The van der Waals surface area contributed by atoms with Crippen LogP contribution in [0.5, 0.6) is 5.75 Å². The van der Waals surface area contributed by atoms with Crippen LogP contribution < -0.4 is 4.74 Å². The van der Waals surface area contributed by atoms with Crippen molar-refractivity contribution in [3.8, 4) is 11.8 Å². The number of amides is 1. The van der Waals surface area contributed by atoms with Crippen LogP contribution in [0.1, 0.15) is 24.5 Å². The van der Waals surface area contributed by atoms with Crippen LogP contribution in [-0.4, -0.2) is 34.4 Å². The van der Waals surface area contributed by atoms with Crippen molar-refractivity contribution in [2.45, 2.75) is 26.3 Å². The van der Waals surface area contributed by atoms with E-state index in [-0.39, 0.29) is 18.6 Å². The van der Waals surface area contributed by atoms with E-state index in [2.05, 4.69) is 13.0 Å². The summed E-state index contributed by atoms with van der Waals surface area (Å²) in [5, 5.41) is 9.57. The summed E-state index contributed by atoms with van der Waals surface area (Å²) >= 11 is 1.60. The molecule has 1 amide bonds. The molecule has 0 radical (unpaired) electrons. The number of benzene rings is 2. The van der Waals surface area contributed by atoms with Gasteiger partial charge >= 0.3 is 0 Å². The molecule has 0 N–H and O–H groups in total. The smallest absolute Gasteiger partial charge is 0.266 e. The lowest BCUT2D eigenvalue weighted by Gasteiger charge is -2.23. The van der Waals surface area contributed by atoms with E-state index in [1.54, 1.807) is 40.9 Å². The van der Waals surface area contributed by atoms with Gasteiger partial charge in [-0.05, 0) is 55.3 Å². The third-order valence-electron chi connectivity index (χ3n) is 4.29. The number of ether oxygens (including phenoxy) is 1. The number of rotatable bonds is 5. The number of carbonyl (C=O) groups is 1. The SMILES string of the molecule is CC[C@H]1CSC(=Nc2cccc(C)c2)N1C(=O)COc1ccc(C#N)cc1. The molecule has 0 spiro atoms. The molecular formula is C21H21N3O2S. The lowest BCUT2D eigenvalue weighted by atomic mass is 10.2. The van der Waals surface area contributed by atoms with Gasteiger partial charge in [-0.2, -0.15) is 5.26 Å². The summed E-state index contributed by atoms with van der Waals surface area (Å²) in [4.78, 5) is 19.3. The minimum Gasteiger partial charge on any atom is -0.484 e. The molecule has 0 aromatic heterocycles. The van der Waals surface area contributed by atoms with E-state index >= 15 is 0 Å². The number of nitrogens with zero attached hydrogens (tertiary/aromatic N) is 3. The van der Waals surface area contributed by atoms with Crippen LogP contribution in [0.25, 0.3) is 0 Å². The fourth-order valence-corrected chi connectivity index (χ4v) is 4.10. The zero-order chi connectivity index (χ0) is 19.2. The van der Waals surface area contributed by atoms with Crippen LogP contribution in [0, 0.1) is 18.3 Å². The zero-order valence-corrected chi connectivity index (χ0v) is 16.2. The standard InChI is InChI=1S/C21H21N3O2S/c1-3-18-14-27-21(23-17-6-4-5-15(2)11-17)24(18)20(25)13-26-19-9-7-16(12-22)8-10-19/h4-11,18H,3,13-14H2,1-2H3/t18-/m0/s1. The fraction of sp³-hybridized carbons (Fsp3) is 0.286. The number of aliphatic imine (C=N–C) groups is 1. The number of aryl methyl sites for hydroxylation is 1. The molecule has 0 bridgehead atoms. The van der Waals surface area contributed by atoms with Gasteiger partial charge < -0.3 is 4.74 Å². The Morgan fingerprint density at radius 3 is 2.78 bits per heavy atom. The summed E-state index contributed by atoms with van der Waals surface area (Å²) in [5.41, 5.74) is 2.54. The average Bonchev–Trinajstić information content (AvgIpc) is 3.09. The van der Waals surface area contributed by atoms with E-state index in [0.29, 0.717) is 11.3 Å². The summed E-state index contributed by atoms with van der Waals surface area (Å²) in [6.45, 7) is 4.03. The molecule has 3 rings (SSSR count).